The van der Waals surface area contributed by atoms with E-state index in [-0.39, 0.29) is 24.6 Å². The first-order valence-electron chi connectivity index (χ1n) is 7.10. The highest BCUT2D eigenvalue weighted by Crippen LogP contribution is 2.34. The van der Waals surface area contributed by atoms with Gasteiger partial charge in [-0.05, 0) is 32.1 Å². The number of aliphatic hydroxyl groups excluding tert-OH is 2. The van der Waals surface area contributed by atoms with Gasteiger partial charge in [-0.1, -0.05) is 19.3 Å². The molecule has 2 rings (SSSR count). The zero-order valence-corrected chi connectivity index (χ0v) is 11.2. The van der Waals surface area contributed by atoms with E-state index >= 15 is 0 Å². The predicted octanol–water partition coefficient (Wildman–Crippen LogP) is 2.03. The summed E-state index contributed by atoms with van der Waals surface area (Å²) in [4.78, 5) is 10.5. The number of carbonyl (C=O) groups is 1. The summed E-state index contributed by atoms with van der Waals surface area (Å²) in [5.74, 6) is -0.0255. The second-order valence-electron chi connectivity index (χ2n) is 5.41. The third-order valence-electron chi connectivity index (χ3n) is 3.87. The van der Waals surface area contributed by atoms with E-state index in [9.17, 15) is 4.79 Å². The number of cyclic esters (lactones) is 1. The molecule has 2 N–H and O–H groups in total. The summed E-state index contributed by atoms with van der Waals surface area (Å²) in [6.07, 6.45) is 9.43. The van der Waals surface area contributed by atoms with Crippen molar-refractivity contribution in [2.24, 2.45) is 5.41 Å². The summed E-state index contributed by atoms with van der Waals surface area (Å²) in [6.45, 7) is 0.950. The molecule has 1 saturated heterocycles. The van der Waals surface area contributed by atoms with Crippen LogP contribution in [0, 0.1) is 5.41 Å². The summed E-state index contributed by atoms with van der Waals surface area (Å²) in [7, 11) is 0. The smallest absolute Gasteiger partial charge is 0.305 e. The molecule has 0 amide bonds. The highest BCUT2D eigenvalue weighted by Gasteiger charge is 2.30. The van der Waals surface area contributed by atoms with Gasteiger partial charge in [0, 0.05) is 11.8 Å². The average Bonchev–Trinajstić information content (AvgIpc) is 2.68. The standard InChI is InChI=1S/C8H16O2.C6H10O2/c9-6-8(7-10)4-2-1-3-5-8;7-6-4-2-1-3-5-8-6/h9-10H,1-7H2;1-5H2. The zero-order chi connectivity index (χ0) is 13.3. The largest absolute Gasteiger partial charge is 0.466 e. The van der Waals surface area contributed by atoms with Crippen molar-refractivity contribution >= 4 is 5.97 Å². The maximum Gasteiger partial charge on any atom is 0.305 e. The molecule has 0 aromatic rings. The van der Waals surface area contributed by atoms with Crippen LogP contribution in [0.25, 0.3) is 0 Å². The van der Waals surface area contributed by atoms with Crippen LogP contribution in [0.1, 0.15) is 57.8 Å². The summed E-state index contributed by atoms with van der Waals surface area (Å²) < 4.78 is 4.76. The first-order chi connectivity index (χ1) is 8.72. The van der Waals surface area contributed by atoms with Gasteiger partial charge < -0.3 is 14.9 Å². The number of hydrogen-bond donors (Lipinski definition) is 2. The molecule has 18 heavy (non-hydrogen) atoms. The molecule has 0 radical (unpaired) electrons. The molecule has 0 unspecified atom stereocenters. The van der Waals surface area contributed by atoms with Crippen molar-refractivity contribution in [1.29, 1.82) is 0 Å². The molecule has 106 valence electrons. The number of aliphatic hydroxyl groups is 2. The maximum atomic E-state index is 10.5. The third-order valence-corrected chi connectivity index (χ3v) is 3.87. The lowest BCUT2D eigenvalue weighted by Gasteiger charge is -2.33. The van der Waals surface area contributed by atoms with Gasteiger partial charge in [-0.15, -0.1) is 0 Å². The second-order valence-corrected chi connectivity index (χ2v) is 5.41. The Kier molecular flexibility index (Phi) is 7.28. The minimum absolute atomic E-state index is 0.0255. The topological polar surface area (TPSA) is 66.8 Å². The quantitative estimate of drug-likeness (QED) is 0.744. The third kappa shape index (κ3) is 5.36. The predicted molar refractivity (Wildman–Crippen MR) is 69.1 cm³/mol. The van der Waals surface area contributed by atoms with Gasteiger partial charge >= 0.3 is 5.97 Å². The molecule has 1 aliphatic carbocycles. The Balaban J connectivity index is 0.000000184. The van der Waals surface area contributed by atoms with Gasteiger partial charge in [0.05, 0.1) is 19.8 Å². The zero-order valence-electron chi connectivity index (χ0n) is 11.2. The molecule has 4 nitrogen and oxygen atoms in total. The van der Waals surface area contributed by atoms with Gasteiger partial charge in [0.15, 0.2) is 0 Å². The van der Waals surface area contributed by atoms with Crippen molar-refractivity contribution in [2.45, 2.75) is 57.8 Å². The summed E-state index contributed by atoms with van der Waals surface area (Å²) in [5.41, 5.74) is -0.127. The number of esters is 1. The van der Waals surface area contributed by atoms with Crippen LogP contribution < -0.4 is 0 Å². The molecule has 1 heterocycles. The first-order valence-corrected chi connectivity index (χ1v) is 7.10. The Bertz CT molecular complexity index is 218. The van der Waals surface area contributed by atoms with Gasteiger partial charge in [-0.25, -0.2) is 0 Å². The number of ether oxygens (including phenoxy) is 1. The lowest BCUT2D eigenvalue weighted by atomic mass is 9.75. The molecule has 0 bridgehead atoms. The number of rotatable bonds is 2. The molecule has 2 aliphatic rings. The van der Waals surface area contributed by atoms with Crippen molar-refractivity contribution < 1.29 is 19.7 Å². The van der Waals surface area contributed by atoms with Crippen molar-refractivity contribution in [3.8, 4) is 0 Å². The Hall–Kier alpha value is -0.610. The van der Waals surface area contributed by atoms with E-state index in [1.165, 1.54) is 19.3 Å². The fraction of sp³-hybridized carbons (Fsp3) is 0.929. The fourth-order valence-electron chi connectivity index (χ4n) is 2.47. The van der Waals surface area contributed by atoms with Crippen LogP contribution in [-0.4, -0.2) is 36.0 Å². The lowest BCUT2D eigenvalue weighted by Crippen LogP contribution is -2.31. The van der Waals surface area contributed by atoms with Crippen molar-refractivity contribution in [2.75, 3.05) is 19.8 Å². The molecule has 0 spiro atoms. The summed E-state index contributed by atoms with van der Waals surface area (Å²) in [6, 6.07) is 0. The highest BCUT2D eigenvalue weighted by atomic mass is 16.5. The summed E-state index contributed by atoms with van der Waals surface area (Å²) >= 11 is 0. The number of carbonyl (C=O) groups excluding carboxylic acids is 1. The molecule has 4 heteroatoms. The second kappa shape index (κ2) is 8.48. The van der Waals surface area contributed by atoms with E-state index in [1.54, 1.807) is 0 Å². The fourth-order valence-corrected chi connectivity index (χ4v) is 2.47. The lowest BCUT2D eigenvalue weighted by molar-refractivity contribution is -0.142. The minimum Gasteiger partial charge on any atom is -0.466 e. The van der Waals surface area contributed by atoms with E-state index in [0.717, 1.165) is 32.1 Å². The molecular formula is C14H26O4. The Morgan fingerprint density at radius 3 is 2.11 bits per heavy atom. The maximum absolute atomic E-state index is 10.5. The first kappa shape index (κ1) is 15.4. The van der Waals surface area contributed by atoms with Crippen LogP contribution in [-0.2, 0) is 9.53 Å². The van der Waals surface area contributed by atoms with Crippen LogP contribution >= 0.6 is 0 Å². The van der Waals surface area contributed by atoms with Gasteiger partial charge in [-0.2, -0.15) is 0 Å². The molecule has 0 aromatic carbocycles. The molecule has 2 fully saturated rings. The molecule has 1 saturated carbocycles. The van der Waals surface area contributed by atoms with E-state index in [2.05, 4.69) is 0 Å². The van der Waals surface area contributed by atoms with Crippen molar-refractivity contribution in [3.63, 3.8) is 0 Å². The Labute approximate surface area is 109 Å². The molecular weight excluding hydrogens is 232 g/mol. The minimum atomic E-state index is -0.127. The van der Waals surface area contributed by atoms with Crippen LogP contribution in [0.2, 0.25) is 0 Å². The van der Waals surface area contributed by atoms with Gasteiger partial charge in [-0.3, -0.25) is 4.79 Å². The van der Waals surface area contributed by atoms with E-state index in [4.69, 9.17) is 14.9 Å². The number of hydrogen-bond acceptors (Lipinski definition) is 4. The van der Waals surface area contributed by atoms with Gasteiger partial charge in [0.2, 0.25) is 0 Å². The summed E-state index contributed by atoms with van der Waals surface area (Å²) in [5, 5.41) is 18.0. The Morgan fingerprint density at radius 1 is 0.944 bits per heavy atom. The van der Waals surface area contributed by atoms with Crippen molar-refractivity contribution in [3.05, 3.63) is 0 Å². The van der Waals surface area contributed by atoms with Crippen LogP contribution in [0.15, 0.2) is 0 Å². The molecule has 0 atom stereocenters. The monoisotopic (exact) mass is 258 g/mol. The van der Waals surface area contributed by atoms with E-state index in [1.807, 2.05) is 0 Å². The van der Waals surface area contributed by atoms with Crippen LogP contribution in [0.3, 0.4) is 0 Å². The van der Waals surface area contributed by atoms with Gasteiger partial charge in [0.25, 0.3) is 0 Å². The normalized spacial score (nSPS) is 23.3. The highest BCUT2D eigenvalue weighted by molar-refractivity contribution is 5.69. The van der Waals surface area contributed by atoms with E-state index in [0.29, 0.717) is 13.0 Å². The molecule has 1 aliphatic heterocycles. The van der Waals surface area contributed by atoms with Crippen LogP contribution in [0.5, 0.6) is 0 Å². The average molecular weight is 258 g/mol. The Morgan fingerprint density at radius 2 is 1.56 bits per heavy atom. The van der Waals surface area contributed by atoms with Gasteiger partial charge in [0.1, 0.15) is 0 Å². The van der Waals surface area contributed by atoms with Crippen molar-refractivity contribution in [1.82, 2.24) is 0 Å². The SMILES string of the molecule is O=C1CCCCCO1.OCC1(CO)CCCCC1. The molecule has 0 aromatic heterocycles. The van der Waals surface area contributed by atoms with E-state index < -0.39 is 0 Å². The van der Waals surface area contributed by atoms with Crippen LogP contribution in [0.4, 0.5) is 0 Å².